The molecule has 1 aliphatic heterocycles. The highest BCUT2D eigenvalue weighted by Crippen LogP contribution is 2.32. The lowest BCUT2D eigenvalue weighted by molar-refractivity contribution is -0.383. The van der Waals surface area contributed by atoms with Gasteiger partial charge in [0.05, 0.1) is 4.92 Å². The predicted octanol–water partition coefficient (Wildman–Crippen LogP) is 2.32. The number of piperidine rings is 1. The summed E-state index contributed by atoms with van der Waals surface area (Å²) < 4.78 is 0. The van der Waals surface area contributed by atoms with Gasteiger partial charge < -0.3 is 10.6 Å². The molecule has 2 heterocycles. The van der Waals surface area contributed by atoms with Crippen molar-refractivity contribution in [2.45, 2.75) is 19.4 Å². The summed E-state index contributed by atoms with van der Waals surface area (Å²) in [6.45, 7) is 3.87. The second-order valence-electron chi connectivity index (χ2n) is 5.64. The maximum atomic E-state index is 11.1. The first kappa shape index (κ1) is 13.8. The Labute approximate surface area is 122 Å². The number of para-hydroxylation sites is 1. The Morgan fingerprint density at radius 1 is 1.43 bits per heavy atom. The van der Waals surface area contributed by atoms with Gasteiger partial charge in [-0.05, 0) is 18.4 Å². The van der Waals surface area contributed by atoms with Crippen LogP contribution in [0.2, 0.25) is 0 Å². The molecule has 0 amide bonds. The number of non-ortho nitro benzene ring substituents is 1. The van der Waals surface area contributed by atoms with Crippen molar-refractivity contribution in [3.8, 4) is 0 Å². The zero-order valence-corrected chi connectivity index (χ0v) is 11.9. The van der Waals surface area contributed by atoms with Crippen molar-refractivity contribution in [1.29, 1.82) is 0 Å². The van der Waals surface area contributed by atoms with E-state index in [-0.39, 0.29) is 16.7 Å². The van der Waals surface area contributed by atoms with E-state index in [0.29, 0.717) is 11.4 Å². The average molecular weight is 286 g/mol. The average Bonchev–Trinajstić information content (AvgIpc) is 2.48. The van der Waals surface area contributed by atoms with Gasteiger partial charge in [-0.3, -0.25) is 10.1 Å². The smallest absolute Gasteiger partial charge is 0.295 e. The van der Waals surface area contributed by atoms with Gasteiger partial charge in [-0.25, -0.2) is 4.98 Å². The van der Waals surface area contributed by atoms with Crippen LogP contribution in [0.25, 0.3) is 10.9 Å². The maximum absolute atomic E-state index is 11.1. The van der Waals surface area contributed by atoms with Gasteiger partial charge in [0, 0.05) is 42.5 Å². The molecule has 2 atom stereocenters. The van der Waals surface area contributed by atoms with E-state index in [1.807, 2.05) is 12.1 Å². The molecule has 0 spiro atoms. The highest BCUT2D eigenvalue weighted by molar-refractivity contribution is 5.96. The number of rotatable bonds is 2. The van der Waals surface area contributed by atoms with Crippen LogP contribution in [0.4, 0.5) is 11.4 Å². The van der Waals surface area contributed by atoms with Gasteiger partial charge in [-0.1, -0.05) is 19.1 Å². The van der Waals surface area contributed by atoms with Crippen LogP contribution in [-0.2, 0) is 0 Å². The zero-order valence-electron chi connectivity index (χ0n) is 11.9. The van der Waals surface area contributed by atoms with E-state index < -0.39 is 0 Å². The van der Waals surface area contributed by atoms with E-state index in [2.05, 4.69) is 16.8 Å². The van der Waals surface area contributed by atoms with E-state index >= 15 is 0 Å². The Hall–Kier alpha value is -2.21. The zero-order chi connectivity index (χ0) is 15.0. The molecule has 0 bridgehead atoms. The van der Waals surface area contributed by atoms with Crippen molar-refractivity contribution in [3.05, 3.63) is 40.6 Å². The molecule has 1 aromatic heterocycles. The van der Waals surface area contributed by atoms with Gasteiger partial charge in [-0.15, -0.1) is 0 Å². The summed E-state index contributed by atoms with van der Waals surface area (Å²) in [6.07, 6.45) is 2.57. The molecule has 3 rings (SSSR count). The second kappa shape index (κ2) is 5.29. The fourth-order valence-corrected chi connectivity index (χ4v) is 2.95. The predicted molar refractivity (Wildman–Crippen MR) is 82.4 cm³/mol. The number of anilines is 1. The van der Waals surface area contributed by atoms with Crippen LogP contribution in [0, 0.1) is 16.0 Å². The van der Waals surface area contributed by atoms with Crippen LogP contribution in [0.5, 0.6) is 0 Å². The van der Waals surface area contributed by atoms with Gasteiger partial charge in [0.1, 0.15) is 5.52 Å². The molecule has 2 unspecified atom stereocenters. The maximum Gasteiger partial charge on any atom is 0.295 e. The molecule has 1 aliphatic rings. The lowest BCUT2D eigenvalue weighted by Gasteiger charge is -2.37. The molecule has 0 saturated carbocycles. The minimum absolute atomic E-state index is 0.0520. The van der Waals surface area contributed by atoms with Gasteiger partial charge >= 0.3 is 0 Å². The SMILES string of the molecule is CC1CN(c2ccnc3c([N+](=O)[O-])cccc23)CCC1N. The molecule has 6 nitrogen and oxygen atoms in total. The first-order valence-corrected chi connectivity index (χ1v) is 7.10. The summed E-state index contributed by atoms with van der Waals surface area (Å²) in [5.74, 6) is 0.403. The van der Waals surface area contributed by atoms with Gasteiger partial charge in [0.2, 0.25) is 0 Å². The molecule has 2 N–H and O–H groups in total. The van der Waals surface area contributed by atoms with E-state index in [1.165, 1.54) is 6.07 Å². The number of pyridine rings is 1. The standard InChI is InChI=1S/C15H18N4O2/c1-10-9-18(8-6-12(10)16)13-5-7-17-15-11(13)3-2-4-14(15)19(20)21/h2-5,7,10,12H,6,8-9,16H2,1H3. The number of nitro benzene ring substituents is 1. The topological polar surface area (TPSA) is 85.3 Å². The van der Waals surface area contributed by atoms with Crippen LogP contribution >= 0.6 is 0 Å². The van der Waals surface area contributed by atoms with Crippen LogP contribution in [0.15, 0.2) is 30.5 Å². The van der Waals surface area contributed by atoms with Gasteiger partial charge in [-0.2, -0.15) is 0 Å². The largest absolute Gasteiger partial charge is 0.371 e. The Morgan fingerprint density at radius 3 is 2.95 bits per heavy atom. The molecule has 2 aromatic rings. The number of nitrogens with zero attached hydrogens (tertiary/aromatic N) is 3. The Kier molecular flexibility index (Phi) is 3.47. The first-order chi connectivity index (χ1) is 10.1. The molecule has 0 aliphatic carbocycles. The number of aromatic nitrogens is 1. The first-order valence-electron chi connectivity index (χ1n) is 7.10. The number of nitrogens with two attached hydrogens (primary N) is 1. The van der Waals surface area contributed by atoms with Crippen molar-refractivity contribution in [2.24, 2.45) is 11.7 Å². The van der Waals surface area contributed by atoms with Crippen molar-refractivity contribution < 1.29 is 4.92 Å². The minimum atomic E-state index is -0.381. The molecule has 0 radical (unpaired) electrons. The number of hydrogen-bond acceptors (Lipinski definition) is 5. The third-order valence-corrected chi connectivity index (χ3v) is 4.24. The van der Waals surface area contributed by atoms with Crippen molar-refractivity contribution in [3.63, 3.8) is 0 Å². The van der Waals surface area contributed by atoms with E-state index in [0.717, 1.165) is 30.6 Å². The normalized spacial score (nSPS) is 22.5. The van der Waals surface area contributed by atoms with Crippen LogP contribution < -0.4 is 10.6 Å². The number of fused-ring (bicyclic) bond motifs is 1. The molecular weight excluding hydrogens is 268 g/mol. The molecule has 6 heteroatoms. The molecule has 1 fully saturated rings. The van der Waals surface area contributed by atoms with Crippen molar-refractivity contribution >= 4 is 22.3 Å². The third kappa shape index (κ3) is 2.42. The highest BCUT2D eigenvalue weighted by atomic mass is 16.6. The number of nitro groups is 1. The molecule has 1 saturated heterocycles. The summed E-state index contributed by atoms with van der Waals surface area (Å²) in [5.41, 5.74) is 7.57. The number of hydrogen-bond donors (Lipinski definition) is 1. The van der Waals surface area contributed by atoms with Crippen LogP contribution in [-0.4, -0.2) is 29.0 Å². The monoisotopic (exact) mass is 286 g/mol. The molecule has 1 aromatic carbocycles. The summed E-state index contributed by atoms with van der Waals surface area (Å²) in [6, 6.07) is 7.25. The molecular formula is C15H18N4O2. The Balaban J connectivity index is 2.07. The Bertz CT molecular complexity index is 688. The summed E-state index contributed by atoms with van der Waals surface area (Å²) in [4.78, 5) is 17.2. The fraction of sp³-hybridized carbons (Fsp3) is 0.400. The molecule has 21 heavy (non-hydrogen) atoms. The summed E-state index contributed by atoms with van der Waals surface area (Å²) >= 11 is 0. The summed E-state index contributed by atoms with van der Waals surface area (Å²) in [7, 11) is 0. The van der Waals surface area contributed by atoms with E-state index in [1.54, 1.807) is 12.3 Å². The fourth-order valence-electron chi connectivity index (χ4n) is 2.95. The quantitative estimate of drug-likeness (QED) is 0.676. The van der Waals surface area contributed by atoms with E-state index in [4.69, 9.17) is 5.73 Å². The second-order valence-corrected chi connectivity index (χ2v) is 5.64. The van der Waals surface area contributed by atoms with Crippen molar-refractivity contribution in [1.82, 2.24) is 4.98 Å². The highest BCUT2D eigenvalue weighted by Gasteiger charge is 2.25. The van der Waals surface area contributed by atoms with Gasteiger partial charge in [0.15, 0.2) is 0 Å². The van der Waals surface area contributed by atoms with Crippen molar-refractivity contribution in [2.75, 3.05) is 18.0 Å². The van der Waals surface area contributed by atoms with E-state index in [9.17, 15) is 10.1 Å². The number of benzene rings is 1. The lowest BCUT2D eigenvalue weighted by atomic mass is 9.94. The lowest BCUT2D eigenvalue weighted by Crippen LogP contribution is -2.46. The molecule has 110 valence electrons. The summed E-state index contributed by atoms with van der Waals surface area (Å²) in [5, 5.41) is 12.0. The third-order valence-electron chi connectivity index (χ3n) is 4.24. The Morgan fingerprint density at radius 2 is 2.24 bits per heavy atom. The van der Waals surface area contributed by atoms with Crippen LogP contribution in [0.1, 0.15) is 13.3 Å². The van der Waals surface area contributed by atoms with Crippen LogP contribution in [0.3, 0.4) is 0 Å². The van der Waals surface area contributed by atoms with Gasteiger partial charge in [0.25, 0.3) is 5.69 Å². The minimum Gasteiger partial charge on any atom is -0.371 e.